The van der Waals surface area contributed by atoms with Crippen LogP contribution in [0.2, 0.25) is 0 Å². The largest absolute Gasteiger partial charge is 0.395 e. The van der Waals surface area contributed by atoms with Crippen molar-refractivity contribution in [1.29, 1.82) is 0 Å². The van der Waals surface area contributed by atoms with Crippen molar-refractivity contribution < 1.29 is 18.7 Å². The number of aromatic nitrogens is 2. The predicted molar refractivity (Wildman–Crippen MR) is 135 cm³/mol. The van der Waals surface area contributed by atoms with Gasteiger partial charge in [-0.15, -0.1) is 0 Å². The fraction of sp³-hybridized carbons (Fsp3) is 0.429. The van der Waals surface area contributed by atoms with E-state index in [2.05, 4.69) is 16.0 Å². The monoisotopic (exact) mass is 494 g/mol. The molecule has 36 heavy (non-hydrogen) atoms. The van der Waals surface area contributed by atoms with E-state index in [0.717, 1.165) is 61.7 Å². The molecule has 0 spiro atoms. The smallest absolute Gasteiger partial charge is 0.246 e. The number of hydrogen-bond acceptors (Lipinski definition) is 4. The Morgan fingerprint density at radius 1 is 1.06 bits per heavy atom. The summed E-state index contributed by atoms with van der Waals surface area (Å²) in [4.78, 5) is 25.0. The molecule has 2 aromatic carbocycles. The number of hydrogen-bond donors (Lipinski definition) is 2. The summed E-state index contributed by atoms with van der Waals surface area (Å²) >= 11 is 0. The molecule has 3 heterocycles. The van der Waals surface area contributed by atoms with Crippen molar-refractivity contribution in [3.05, 3.63) is 71.6 Å². The molecule has 1 unspecified atom stereocenters. The summed E-state index contributed by atoms with van der Waals surface area (Å²) in [5.74, 6) is 0.274. The number of carbonyl (C=O) groups excluding carboxylic acids is 1. The van der Waals surface area contributed by atoms with Gasteiger partial charge in [0.2, 0.25) is 5.91 Å². The van der Waals surface area contributed by atoms with Crippen LogP contribution in [-0.4, -0.2) is 69.6 Å². The Morgan fingerprint density at radius 2 is 1.75 bits per heavy atom. The van der Waals surface area contributed by atoms with E-state index in [1.807, 2.05) is 18.2 Å². The van der Waals surface area contributed by atoms with Crippen LogP contribution >= 0.6 is 0 Å². The highest BCUT2D eigenvalue weighted by Gasteiger charge is 2.34. The number of aliphatic hydroxyl groups is 1. The molecule has 190 valence electrons. The van der Waals surface area contributed by atoms with Gasteiger partial charge in [-0.2, -0.15) is 0 Å². The van der Waals surface area contributed by atoms with E-state index in [1.54, 1.807) is 4.90 Å². The van der Waals surface area contributed by atoms with Crippen LogP contribution in [0.3, 0.4) is 0 Å². The lowest BCUT2D eigenvalue weighted by Crippen LogP contribution is -2.50. The first-order valence-electron chi connectivity index (χ1n) is 12.7. The van der Waals surface area contributed by atoms with Crippen molar-refractivity contribution in [1.82, 2.24) is 19.8 Å². The van der Waals surface area contributed by atoms with E-state index in [4.69, 9.17) is 4.98 Å². The van der Waals surface area contributed by atoms with Crippen LogP contribution < -0.4 is 0 Å². The maximum atomic E-state index is 13.4. The summed E-state index contributed by atoms with van der Waals surface area (Å²) in [7, 11) is 0. The molecule has 5 rings (SSSR count). The maximum Gasteiger partial charge on any atom is 0.246 e. The molecular formula is C28H32F2N4O2. The summed E-state index contributed by atoms with van der Waals surface area (Å²) in [5, 5.41) is 10.2. The minimum Gasteiger partial charge on any atom is -0.395 e. The highest BCUT2D eigenvalue weighted by atomic mass is 19.1. The Bertz CT molecular complexity index is 1170. The molecule has 0 aliphatic carbocycles. The topological polar surface area (TPSA) is 72.5 Å². The second-order valence-electron chi connectivity index (χ2n) is 9.90. The maximum absolute atomic E-state index is 13.4. The number of aromatic amines is 1. The van der Waals surface area contributed by atoms with Crippen LogP contribution in [0.4, 0.5) is 8.78 Å². The summed E-state index contributed by atoms with van der Waals surface area (Å²) < 4.78 is 26.7. The average Bonchev–Trinajstić information content (AvgIpc) is 3.32. The van der Waals surface area contributed by atoms with Gasteiger partial charge < -0.3 is 15.0 Å². The third kappa shape index (κ3) is 5.50. The van der Waals surface area contributed by atoms with Crippen LogP contribution in [0.15, 0.2) is 48.5 Å². The number of para-hydroxylation sites is 2. The zero-order chi connectivity index (χ0) is 25.1. The van der Waals surface area contributed by atoms with E-state index in [0.29, 0.717) is 30.5 Å². The number of fused-ring (bicyclic) bond motifs is 1. The highest BCUT2D eigenvalue weighted by Crippen LogP contribution is 2.32. The van der Waals surface area contributed by atoms with Gasteiger partial charge in [-0.1, -0.05) is 12.1 Å². The van der Waals surface area contributed by atoms with Crippen LogP contribution in [0.5, 0.6) is 0 Å². The van der Waals surface area contributed by atoms with Gasteiger partial charge in [0, 0.05) is 37.2 Å². The molecule has 2 N–H and O–H groups in total. The van der Waals surface area contributed by atoms with Crippen molar-refractivity contribution >= 4 is 23.0 Å². The van der Waals surface area contributed by atoms with Gasteiger partial charge >= 0.3 is 0 Å². The van der Waals surface area contributed by atoms with E-state index < -0.39 is 11.6 Å². The zero-order valence-corrected chi connectivity index (χ0v) is 20.2. The number of halogens is 2. The molecule has 2 aliphatic heterocycles. The summed E-state index contributed by atoms with van der Waals surface area (Å²) in [6.07, 6.45) is 6.47. The number of imidazole rings is 1. The van der Waals surface area contributed by atoms with Gasteiger partial charge in [-0.25, -0.2) is 13.8 Å². The molecule has 0 bridgehead atoms. The van der Waals surface area contributed by atoms with Crippen LogP contribution in [0.1, 0.15) is 43.0 Å². The molecule has 1 aromatic heterocycles. The molecule has 0 radical (unpaired) electrons. The van der Waals surface area contributed by atoms with Gasteiger partial charge in [-0.05, 0) is 80.6 Å². The first-order chi connectivity index (χ1) is 17.5. The fourth-order valence-electron chi connectivity index (χ4n) is 5.68. The second kappa shape index (κ2) is 10.9. The van der Waals surface area contributed by atoms with Gasteiger partial charge in [0.15, 0.2) is 0 Å². The summed E-state index contributed by atoms with van der Waals surface area (Å²) in [6, 6.07) is 11.4. The molecule has 2 saturated heterocycles. The van der Waals surface area contributed by atoms with Crippen LogP contribution in [-0.2, 0) is 4.79 Å². The Labute approximate surface area is 209 Å². The van der Waals surface area contributed by atoms with Gasteiger partial charge in [0.05, 0.1) is 17.6 Å². The van der Waals surface area contributed by atoms with Gasteiger partial charge in [-0.3, -0.25) is 9.69 Å². The number of rotatable bonds is 6. The Morgan fingerprint density at radius 3 is 2.42 bits per heavy atom. The number of benzene rings is 2. The lowest BCUT2D eigenvalue weighted by Gasteiger charge is -2.43. The zero-order valence-electron chi connectivity index (χ0n) is 20.2. The quantitative estimate of drug-likeness (QED) is 0.501. The van der Waals surface area contributed by atoms with Crippen molar-refractivity contribution in [2.75, 3.05) is 32.8 Å². The van der Waals surface area contributed by atoms with Crippen molar-refractivity contribution in [2.45, 2.75) is 37.6 Å². The van der Waals surface area contributed by atoms with Gasteiger partial charge in [0.25, 0.3) is 0 Å². The predicted octanol–water partition coefficient (Wildman–Crippen LogP) is 4.33. The van der Waals surface area contributed by atoms with Crippen molar-refractivity contribution in [3.8, 4) is 0 Å². The summed E-state index contributed by atoms with van der Waals surface area (Å²) in [6.45, 7) is 3.16. The van der Waals surface area contributed by atoms with Crippen molar-refractivity contribution in [3.63, 3.8) is 0 Å². The first kappa shape index (κ1) is 24.6. The number of aliphatic hydroxyl groups excluding tert-OH is 1. The molecule has 0 saturated carbocycles. The molecule has 1 atom stereocenters. The van der Waals surface area contributed by atoms with E-state index in [9.17, 15) is 18.7 Å². The molecule has 2 aliphatic rings. The first-order valence-corrected chi connectivity index (χ1v) is 12.7. The molecule has 8 heteroatoms. The second-order valence-corrected chi connectivity index (χ2v) is 9.90. The number of piperidine rings is 2. The number of nitrogens with one attached hydrogen (secondary N) is 1. The SMILES string of the molecule is O=C(/C=C/c1cc(F)cc(F)c1)N1CCC(C(CO)N2CCC(c3nc4ccccc4[nH]3)CC2)CC1. The minimum absolute atomic E-state index is 0.0877. The number of likely N-dealkylation sites (tertiary alicyclic amines) is 2. The summed E-state index contributed by atoms with van der Waals surface area (Å²) in [5.41, 5.74) is 2.40. The number of amides is 1. The molecular weight excluding hydrogens is 462 g/mol. The average molecular weight is 495 g/mol. The molecule has 1 amide bonds. The highest BCUT2D eigenvalue weighted by molar-refractivity contribution is 5.91. The molecule has 6 nitrogen and oxygen atoms in total. The molecule has 2 fully saturated rings. The standard InChI is InChI=1S/C28H32F2N4O2/c29-22-15-19(16-23(30)17-22)5-6-27(36)34-13-7-20(8-14-34)26(18-35)33-11-9-21(10-12-33)28-31-24-3-1-2-4-25(24)32-28/h1-6,15-17,20-21,26,35H,7-14,18H2,(H,31,32)/b6-5+. The number of carbonyl (C=O) groups is 1. The van der Waals surface area contributed by atoms with Crippen LogP contribution in [0, 0.1) is 17.6 Å². The van der Waals surface area contributed by atoms with E-state index >= 15 is 0 Å². The molecule has 3 aromatic rings. The Balaban J connectivity index is 1.13. The lowest BCUT2D eigenvalue weighted by atomic mass is 9.86. The van der Waals surface area contributed by atoms with Gasteiger partial charge in [0.1, 0.15) is 17.5 Å². The third-order valence-corrected chi connectivity index (χ3v) is 7.68. The Kier molecular flexibility index (Phi) is 7.43. The number of nitrogens with zero attached hydrogens (tertiary/aromatic N) is 3. The van der Waals surface area contributed by atoms with E-state index in [1.165, 1.54) is 24.3 Å². The normalized spacial score (nSPS) is 19.4. The fourth-order valence-corrected chi connectivity index (χ4v) is 5.68. The number of H-pyrrole nitrogens is 1. The van der Waals surface area contributed by atoms with Crippen molar-refractivity contribution in [2.24, 2.45) is 5.92 Å². The van der Waals surface area contributed by atoms with E-state index in [-0.39, 0.29) is 18.6 Å². The van der Waals surface area contributed by atoms with Crippen LogP contribution in [0.25, 0.3) is 17.1 Å². The Hall–Kier alpha value is -3.10. The third-order valence-electron chi connectivity index (χ3n) is 7.68. The lowest BCUT2D eigenvalue weighted by molar-refractivity contribution is -0.127. The minimum atomic E-state index is -0.667.